The molecule has 2 heterocycles. The van der Waals surface area contributed by atoms with E-state index in [1.807, 2.05) is 36.5 Å². The van der Waals surface area contributed by atoms with Gasteiger partial charge in [-0.3, -0.25) is 4.98 Å². The normalized spacial score (nSPS) is 13.8. The Morgan fingerprint density at radius 1 is 0.446 bits per heavy atom. The Morgan fingerprint density at radius 3 is 1.66 bits per heavy atom. The number of hydrogen-bond donors (Lipinski definition) is 0. The molecule has 2 aliphatic rings. The fourth-order valence-corrected chi connectivity index (χ4v) is 8.98. The molecule has 10 rings (SSSR count). The lowest BCUT2D eigenvalue weighted by Crippen LogP contribution is -2.28. The largest absolute Gasteiger partial charge is 0.264 e. The first-order valence-electron chi connectivity index (χ1n) is 19.5. The number of hydrogen-bond acceptors (Lipinski definition) is 4. The van der Waals surface area contributed by atoms with E-state index in [1.165, 1.54) is 58.2 Å². The molecule has 1 fully saturated rings. The van der Waals surface area contributed by atoms with Crippen molar-refractivity contribution in [1.82, 2.24) is 15.0 Å². The average molecular weight is 719 g/mol. The van der Waals surface area contributed by atoms with Crippen LogP contribution in [-0.4, -0.2) is 15.0 Å². The van der Waals surface area contributed by atoms with Crippen molar-refractivity contribution in [2.75, 3.05) is 0 Å². The zero-order valence-corrected chi connectivity index (χ0v) is 31.0. The maximum atomic E-state index is 9.75. The standard InChI is InChI=1S/C52H38N4/c53-33-35-14-24-45-46-25-23-43(31-48(46)52(47(45)29-35)26-5-2-6-27-52)42-12-7-11-41(30-42)36-15-19-38(20-16-36)49-32-50(56-51(55-49)40-9-3-1-4-10-40)39-21-17-37(18-22-39)44-13-8-28-54-34-44/h1,3-4,7-25,28-32,34H,2,5-6,26-27H2. The lowest BCUT2D eigenvalue weighted by Gasteiger charge is -2.36. The fourth-order valence-electron chi connectivity index (χ4n) is 8.98. The highest BCUT2D eigenvalue weighted by Crippen LogP contribution is 2.56. The molecule has 6 aromatic carbocycles. The van der Waals surface area contributed by atoms with E-state index in [0.717, 1.165) is 63.2 Å². The summed E-state index contributed by atoms with van der Waals surface area (Å²) in [4.78, 5) is 14.4. The minimum absolute atomic E-state index is 0.0101. The molecular formula is C52H38N4. The van der Waals surface area contributed by atoms with Gasteiger partial charge < -0.3 is 0 Å². The highest BCUT2D eigenvalue weighted by Gasteiger charge is 2.44. The van der Waals surface area contributed by atoms with Gasteiger partial charge in [0.25, 0.3) is 0 Å². The van der Waals surface area contributed by atoms with E-state index in [1.54, 1.807) is 6.20 Å². The van der Waals surface area contributed by atoms with Crippen LogP contribution in [0, 0.1) is 11.3 Å². The lowest BCUT2D eigenvalue weighted by atomic mass is 9.67. The fraction of sp³-hybridized carbons (Fsp3) is 0.115. The van der Waals surface area contributed by atoms with Crippen molar-refractivity contribution in [2.45, 2.75) is 37.5 Å². The summed E-state index contributed by atoms with van der Waals surface area (Å²) in [6.07, 6.45) is 9.66. The Kier molecular flexibility index (Phi) is 8.42. The molecular weight excluding hydrogens is 681 g/mol. The number of rotatable bonds is 6. The molecule has 0 N–H and O–H groups in total. The van der Waals surface area contributed by atoms with Crippen LogP contribution >= 0.6 is 0 Å². The summed E-state index contributed by atoms with van der Waals surface area (Å²) in [6.45, 7) is 0. The van der Waals surface area contributed by atoms with E-state index in [-0.39, 0.29) is 5.41 Å². The van der Waals surface area contributed by atoms with E-state index in [9.17, 15) is 5.26 Å². The third-order valence-electron chi connectivity index (χ3n) is 11.8. The topological polar surface area (TPSA) is 62.5 Å². The third-order valence-corrected chi connectivity index (χ3v) is 11.8. The summed E-state index contributed by atoms with van der Waals surface area (Å²) < 4.78 is 0. The number of fused-ring (bicyclic) bond motifs is 5. The molecule has 0 unspecified atom stereocenters. The van der Waals surface area contributed by atoms with Gasteiger partial charge in [-0.2, -0.15) is 5.26 Å². The maximum Gasteiger partial charge on any atom is 0.160 e. The van der Waals surface area contributed by atoms with Crippen molar-refractivity contribution in [1.29, 1.82) is 5.26 Å². The second-order valence-corrected chi connectivity index (χ2v) is 15.1. The van der Waals surface area contributed by atoms with Crippen LogP contribution in [0.1, 0.15) is 48.8 Å². The molecule has 2 aliphatic carbocycles. The zero-order valence-electron chi connectivity index (χ0n) is 31.0. The molecule has 0 saturated heterocycles. The molecule has 4 heteroatoms. The minimum atomic E-state index is -0.0101. The number of benzene rings is 6. The van der Waals surface area contributed by atoms with E-state index in [0.29, 0.717) is 5.82 Å². The first-order chi connectivity index (χ1) is 27.6. The van der Waals surface area contributed by atoms with Crippen molar-refractivity contribution >= 4 is 0 Å². The molecule has 0 atom stereocenters. The summed E-state index contributed by atoms with van der Waals surface area (Å²) in [7, 11) is 0. The van der Waals surface area contributed by atoms with Crippen LogP contribution in [0.15, 0.2) is 170 Å². The van der Waals surface area contributed by atoms with Gasteiger partial charge >= 0.3 is 0 Å². The number of aromatic nitrogens is 3. The Morgan fingerprint density at radius 2 is 1.00 bits per heavy atom. The molecule has 0 aliphatic heterocycles. The van der Waals surface area contributed by atoms with Crippen molar-refractivity contribution in [3.63, 3.8) is 0 Å². The van der Waals surface area contributed by atoms with Gasteiger partial charge in [-0.15, -0.1) is 0 Å². The van der Waals surface area contributed by atoms with Gasteiger partial charge in [-0.05, 0) is 105 Å². The van der Waals surface area contributed by atoms with Crippen molar-refractivity contribution in [2.24, 2.45) is 0 Å². The monoisotopic (exact) mass is 718 g/mol. The van der Waals surface area contributed by atoms with Crippen LogP contribution in [0.5, 0.6) is 0 Å². The predicted octanol–water partition coefficient (Wildman–Crippen LogP) is 13.0. The number of nitrogens with zero attached hydrogens (tertiary/aromatic N) is 4. The van der Waals surface area contributed by atoms with Gasteiger partial charge in [0.1, 0.15) is 0 Å². The second kappa shape index (κ2) is 14.0. The van der Waals surface area contributed by atoms with Crippen molar-refractivity contribution in [3.05, 3.63) is 187 Å². The van der Waals surface area contributed by atoms with Gasteiger partial charge in [-0.25, -0.2) is 9.97 Å². The Labute approximate surface area is 327 Å². The molecule has 0 amide bonds. The van der Waals surface area contributed by atoms with Gasteiger partial charge in [0.15, 0.2) is 5.82 Å². The van der Waals surface area contributed by atoms with Gasteiger partial charge in [0.05, 0.1) is 23.0 Å². The molecule has 0 radical (unpaired) electrons. The van der Waals surface area contributed by atoms with Crippen LogP contribution in [-0.2, 0) is 5.41 Å². The molecule has 2 aromatic heterocycles. The van der Waals surface area contributed by atoms with E-state index in [4.69, 9.17) is 9.97 Å². The number of nitriles is 1. The molecule has 56 heavy (non-hydrogen) atoms. The molecule has 266 valence electrons. The summed E-state index contributed by atoms with van der Waals surface area (Å²) in [6, 6.07) is 58.2. The van der Waals surface area contributed by atoms with Gasteiger partial charge in [0, 0.05) is 34.5 Å². The molecule has 1 saturated carbocycles. The Bertz CT molecular complexity index is 2760. The van der Waals surface area contributed by atoms with Gasteiger partial charge in [0.2, 0.25) is 0 Å². The quantitative estimate of drug-likeness (QED) is 0.172. The van der Waals surface area contributed by atoms with E-state index < -0.39 is 0 Å². The molecule has 4 nitrogen and oxygen atoms in total. The van der Waals surface area contributed by atoms with Crippen LogP contribution in [0.2, 0.25) is 0 Å². The van der Waals surface area contributed by atoms with Crippen LogP contribution in [0.3, 0.4) is 0 Å². The highest BCUT2D eigenvalue weighted by atomic mass is 14.9. The SMILES string of the molecule is N#Cc1ccc2c(c1)C1(CCCCC1)c1cc(-c3cccc(-c4ccc(-c5cc(-c6ccc(-c7cccnc7)cc6)nc(-c6ccccc6)n5)cc4)c3)ccc1-2. The summed E-state index contributed by atoms with van der Waals surface area (Å²) in [5.41, 5.74) is 17.9. The van der Waals surface area contributed by atoms with Gasteiger partial charge in [-0.1, -0.05) is 141 Å². The predicted molar refractivity (Wildman–Crippen MR) is 226 cm³/mol. The summed E-state index contributed by atoms with van der Waals surface area (Å²) in [5.74, 6) is 0.698. The zero-order chi connectivity index (χ0) is 37.5. The lowest BCUT2D eigenvalue weighted by molar-refractivity contribution is 0.353. The maximum absolute atomic E-state index is 9.75. The van der Waals surface area contributed by atoms with Crippen LogP contribution < -0.4 is 0 Å². The molecule has 0 bridgehead atoms. The van der Waals surface area contributed by atoms with E-state index in [2.05, 4.69) is 138 Å². The van der Waals surface area contributed by atoms with Crippen molar-refractivity contribution in [3.8, 4) is 84.5 Å². The molecule has 8 aromatic rings. The summed E-state index contributed by atoms with van der Waals surface area (Å²) in [5, 5.41) is 9.75. The average Bonchev–Trinajstić information content (AvgIpc) is 3.54. The second-order valence-electron chi connectivity index (χ2n) is 15.1. The molecule has 1 spiro atoms. The van der Waals surface area contributed by atoms with Crippen LogP contribution in [0.25, 0.3) is 78.4 Å². The smallest absolute Gasteiger partial charge is 0.160 e. The number of pyridine rings is 1. The van der Waals surface area contributed by atoms with E-state index >= 15 is 0 Å². The Hall–Kier alpha value is -6.96. The Balaban J connectivity index is 0.975. The first-order valence-corrected chi connectivity index (χ1v) is 19.5. The first kappa shape index (κ1) is 33.6. The highest BCUT2D eigenvalue weighted by molar-refractivity contribution is 5.85. The minimum Gasteiger partial charge on any atom is -0.264 e. The summed E-state index contributed by atoms with van der Waals surface area (Å²) >= 11 is 0. The van der Waals surface area contributed by atoms with Crippen LogP contribution in [0.4, 0.5) is 0 Å². The van der Waals surface area contributed by atoms with Crippen molar-refractivity contribution < 1.29 is 0 Å². The third kappa shape index (κ3) is 5.99.